The fourth-order valence-electron chi connectivity index (χ4n) is 3.96. The van der Waals surface area contributed by atoms with Crippen LogP contribution in [-0.2, 0) is 14.8 Å². The van der Waals surface area contributed by atoms with E-state index in [0.717, 1.165) is 11.5 Å². The predicted molar refractivity (Wildman–Crippen MR) is 134 cm³/mol. The fourth-order valence-corrected chi connectivity index (χ4v) is 6.88. The molecule has 184 valence electrons. The molecule has 2 aromatic rings. The first kappa shape index (κ1) is 26.3. The highest BCUT2D eigenvalue weighted by atomic mass is 35.5. The highest BCUT2D eigenvalue weighted by Crippen LogP contribution is 2.32. The maximum absolute atomic E-state index is 14.9. The highest BCUT2D eigenvalue weighted by molar-refractivity contribution is 7.92. The molecule has 0 radical (unpaired) electrons. The van der Waals surface area contributed by atoms with Crippen LogP contribution in [0.2, 0.25) is 4.34 Å². The van der Waals surface area contributed by atoms with Crippen molar-refractivity contribution in [2.45, 2.75) is 39.3 Å². The fraction of sp³-hybridized carbons (Fsp3) is 0.391. The Morgan fingerprint density at radius 2 is 1.94 bits per heavy atom. The molecule has 0 unspecified atom stereocenters. The average molecular weight is 528 g/mol. The monoisotopic (exact) mass is 527 g/mol. The summed E-state index contributed by atoms with van der Waals surface area (Å²) in [6.45, 7) is 5.22. The van der Waals surface area contributed by atoms with Gasteiger partial charge in [0.25, 0.3) is 5.91 Å². The van der Waals surface area contributed by atoms with Crippen LogP contribution in [0.3, 0.4) is 0 Å². The van der Waals surface area contributed by atoms with Crippen molar-refractivity contribution in [3.05, 3.63) is 56.3 Å². The molecule has 34 heavy (non-hydrogen) atoms. The van der Waals surface area contributed by atoms with E-state index in [1.165, 1.54) is 37.6 Å². The lowest BCUT2D eigenvalue weighted by Gasteiger charge is -2.29. The smallest absolute Gasteiger partial charge is 0.253 e. The van der Waals surface area contributed by atoms with Crippen LogP contribution in [0, 0.1) is 5.82 Å². The summed E-state index contributed by atoms with van der Waals surface area (Å²) >= 11 is 7.23. The third kappa shape index (κ3) is 5.35. The number of anilines is 1. The van der Waals surface area contributed by atoms with Gasteiger partial charge in [-0.1, -0.05) is 11.6 Å². The zero-order valence-electron chi connectivity index (χ0n) is 19.6. The van der Waals surface area contributed by atoms with Gasteiger partial charge in [0.05, 0.1) is 15.4 Å². The van der Waals surface area contributed by atoms with Crippen LogP contribution in [0.1, 0.15) is 42.4 Å². The van der Waals surface area contributed by atoms with Crippen molar-refractivity contribution in [2.75, 3.05) is 25.5 Å². The Balaban J connectivity index is 1.89. The summed E-state index contributed by atoms with van der Waals surface area (Å²) in [5.74, 6) is -1.58. The maximum Gasteiger partial charge on any atom is 0.253 e. The number of hydrogen-bond acceptors (Lipinski definition) is 5. The van der Waals surface area contributed by atoms with E-state index in [4.69, 9.17) is 11.6 Å². The van der Waals surface area contributed by atoms with E-state index >= 15 is 0 Å². The van der Waals surface area contributed by atoms with Gasteiger partial charge in [0, 0.05) is 37.1 Å². The van der Waals surface area contributed by atoms with Gasteiger partial charge in [-0.15, -0.1) is 11.3 Å². The minimum Gasteiger partial charge on any atom is -0.345 e. The largest absolute Gasteiger partial charge is 0.345 e. The summed E-state index contributed by atoms with van der Waals surface area (Å²) in [5.41, 5.74) is 0.691. The normalized spacial score (nSPS) is 17.2. The number of hydrogen-bond donors (Lipinski definition) is 0. The molecule has 2 amide bonds. The Morgan fingerprint density at radius 3 is 2.47 bits per heavy atom. The molecule has 1 aromatic heterocycles. The molecule has 1 aliphatic heterocycles. The van der Waals surface area contributed by atoms with Gasteiger partial charge in [0.2, 0.25) is 15.9 Å². The van der Waals surface area contributed by atoms with Crippen LogP contribution in [0.4, 0.5) is 10.1 Å². The Labute approximate surface area is 208 Å². The van der Waals surface area contributed by atoms with E-state index in [1.807, 2.05) is 0 Å². The van der Waals surface area contributed by atoms with Crippen LogP contribution in [0.5, 0.6) is 0 Å². The summed E-state index contributed by atoms with van der Waals surface area (Å²) in [6, 6.07) is 5.89. The van der Waals surface area contributed by atoms with E-state index < -0.39 is 33.8 Å². The van der Waals surface area contributed by atoms with Gasteiger partial charge in [-0.3, -0.25) is 9.59 Å². The lowest BCUT2D eigenvalue weighted by molar-refractivity contribution is -0.120. The van der Waals surface area contributed by atoms with Gasteiger partial charge in [0.1, 0.15) is 11.9 Å². The minimum absolute atomic E-state index is 0.0175. The van der Waals surface area contributed by atoms with E-state index in [-0.39, 0.29) is 30.1 Å². The number of halogens is 2. The first-order chi connectivity index (χ1) is 15.8. The molecule has 1 aromatic carbocycles. The number of thiophene rings is 1. The lowest BCUT2D eigenvalue weighted by Crippen LogP contribution is -2.48. The molecule has 2 heterocycles. The Morgan fingerprint density at radius 1 is 1.26 bits per heavy atom. The third-order valence-electron chi connectivity index (χ3n) is 5.47. The van der Waals surface area contributed by atoms with Crippen molar-refractivity contribution in [3.63, 3.8) is 0 Å². The SMILES string of the molecule is C/C(=C/S(=O)(=O)N(C(C)C)[C@H]1CCN(c2ccc(C(=O)N(C)C)cc2F)C1=O)c1ccc(Cl)s1. The van der Waals surface area contributed by atoms with Crippen molar-refractivity contribution in [2.24, 2.45) is 0 Å². The van der Waals surface area contributed by atoms with Gasteiger partial charge in [-0.25, -0.2) is 12.8 Å². The summed E-state index contributed by atoms with van der Waals surface area (Å²) < 4.78 is 43.2. The van der Waals surface area contributed by atoms with E-state index in [0.29, 0.717) is 14.8 Å². The summed E-state index contributed by atoms with van der Waals surface area (Å²) in [6.07, 6.45) is 0.214. The Bertz CT molecular complexity index is 1240. The number of amides is 2. The van der Waals surface area contributed by atoms with Gasteiger partial charge in [-0.05, 0) is 63.1 Å². The highest BCUT2D eigenvalue weighted by Gasteiger charge is 2.43. The number of allylic oxidation sites excluding steroid dienone is 1. The predicted octanol–water partition coefficient (Wildman–Crippen LogP) is 4.45. The molecule has 1 fully saturated rings. The number of carbonyl (C=O) groups is 2. The minimum atomic E-state index is -3.98. The van der Waals surface area contributed by atoms with Crippen LogP contribution in [-0.4, -0.2) is 62.2 Å². The van der Waals surface area contributed by atoms with Crippen molar-refractivity contribution >= 4 is 56.0 Å². The second-order valence-electron chi connectivity index (χ2n) is 8.53. The lowest BCUT2D eigenvalue weighted by atomic mass is 10.1. The van der Waals surface area contributed by atoms with Crippen molar-refractivity contribution in [3.8, 4) is 0 Å². The number of sulfonamides is 1. The van der Waals surface area contributed by atoms with Crippen molar-refractivity contribution < 1.29 is 22.4 Å². The maximum atomic E-state index is 14.9. The van der Waals surface area contributed by atoms with Gasteiger partial charge in [0.15, 0.2) is 0 Å². The van der Waals surface area contributed by atoms with Gasteiger partial charge in [-0.2, -0.15) is 4.31 Å². The van der Waals surface area contributed by atoms with Gasteiger partial charge >= 0.3 is 0 Å². The molecule has 0 aliphatic carbocycles. The molecule has 0 N–H and O–H groups in total. The van der Waals surface area contributed by atoms with Crippen molar-refractivity contribution in [1.82, 2.24) is 9.21 Å². The van der Waals surface area contributed by atoms with Crippen LogP contribution in [0.15, 0.2) is 35.7 Å². The van der Waals surface area contributed by atoms with E-state index in [9.17, 15) is 22.4 Å². The quantitative estimate of drug-likeness (QED) is 0.533. The summed E-state index contributed by atoms with van der Waals surface area (Å²) in [7, 11) is -0.851. The number of rotatable bonds is 7. The first-order valence-electron chi connectivity index (χ1n) is 10.6. The topological polar surface area (TPSA) is 78.0 Å². The molecule has 1 saturated heterocycles. The van der Waals surface area contributed by atoms with E-state index in [2.05, 4.69) is 0 Å². The number of benzene rings is 1. The van der Waals surface area contributed by atoms with Crippen LogP contribution in [0.25, 0.3) is 5.57 Å². The number of carbonyl (C=O) groups excluding carboxylic acids is 2. The summed E-state index contributed by atoms with van der Waals surface area (Å²) in [4.78, 5) is 28.7. The Kier molecular flexibility index (Phi) is 7.86. The second-order valence-corrected chi connectivity index (χ2v) is 11.9. The number of nitrogens with zero attached hydrogens (tertiary/aromatic N) is 3. The molecule has 1 aliphatic rings. The van der Waals surface area contributed by atoms with E-state index in [1.54, 1.807) is 47.0 Å². The van der Waals surface area contributed by atoms with Crippen LogP contribution < -0.4 is 4.90 Å². The zero-order chi connectivity index (χ0) is 25.4. The summed E-state index contributed by atoms with van der Waals surface area (Å²) in [5, 5.41) is 1.15. The molecule has 0 spiro atoms. The van der Waals surface area contributed by atoms with Gasteiger partial charge < -0.3 is 9.80 Å². The Hall–Kier alpha value is -2.27. The molecule has 11 heteroatoms. The average Bonchev–Trinajstić information content (AvgIpc) is 3.33. The molecule has 0 saturated carbocycles. The molecule has 3 rings (SSSR count). The molecular formula is C23H27ClFN3O4S2. The molecule has 1 atom stereocenters. The standard InChI is InChI=1S/C23H27ClFN3O4S2/c1-14(2)28(34(31,32)13-15(3)20-8-9-21(24)33-20)19-10-11-27(23(19)30)18-7-6-16(12-17(18)25)22(29)26(4)5/h6-9,12-14,19H,10-11H2,1-5H3/b15-13-/t19-/m0/s1. The zero-order valence-corrected chi connectivity index (χ0v) is 22.0. The molecule has 7 nitrogen and oxygen atoms in total. The molecule has 0 bridgehead atoms. The van der Waals surface area contributed by atoms with Crippen molar-refractivity contribution in [1.29, 1.82) is 0 Å². The van der Waals surface area contributed by atoms with Crippen LogP contribution >= 0.6 is 22.9 Å². The first-order valence-corrected chi connectivity index (χ1v) is 13.3. The molecular weight excluding hydrogens is 501 g/mol. The second kappa shape index (κ2) is 10.2. The third-order valence-corrected chi connectivity index (χ3v) is 8.75.